The number of likely N-dealkylation sites (tertiary alicyclic amines) is 1. The van der Waals surface area contributed by atoms with Crippen LogP contribution in [0, 0.1) is 0 Å². The van der Waals surface area contributed by atoms with E-state index in [2.05, 4.69) is 24.8 Å². The lowest BCUT2D eigenvalue weighted by Crippen LogP contribution is -2.61. The molecule has 0 aromatic heterocycles. The number of hydrogen-bond acceptors (Lipinski definition) is 3. The van der Waals surface area contributed by atoms with E-state index in [1.165, 1.54) is 5.57 Å². The van der Waals surface area contributed by atoms with Crippen LogP contribution in [-0.4, -0.2) is 47.8 Å². The number of allylic oxidation sites excluding steroid dienone is 1. The average molecular weight is 213 g/mol. The zero-order valence-corrected chi connectivity index (χ0v) is 9.62. The molecule has 0 unspecified atom stereocenters. The van der Waals surface area contributed by atoms with Crippen molar-refractivity contribution in [2.75, 3.05) is 26.2 Å². The molecule has 86 valence electrons. The Kier molecular flexibility index (Phi) is 3.88. The molecule has 4 heteroatoms. The van der Waals surface area contributed by atoms with Gasteiger partial charge in [-0.3, -0.25) is 4.90 Å². The molecule has 0 radical (unpaired) electrons. The number of aliphatic carboxylic acids is 1. The Morgan fingerprint density at radius 2 is 2.13 bits per heavy atom. The molecular formula is C11H19NO3. The van der Waals surface area contributed by atoms with Crippen molar-refractivity contribution in [1.29, 1.82) is 0 Å². The Labute approximate surface area is 90.5 Å². The third kappa shape index (κ3) is 4.01. The van der Waals surface area contributed by atoms with Gasteiger partial charge in [0.2, 0.25) is 0 Å². The third-order valence-electron chi connectivity index (χ3n) is 2.42. The highest BCUT2D eigenvalue weighted by molar-refractivity contribution is 5.68. The lowest BCUT2D eigenvalue weighted by atomic mass is 9.96. The fourth-order valence-corrected chi connectivity index (χ4v) is 1.67. The van der Waals surface area contributed by atoms with Crippen molar-refractivity contribution in [2.24, 2.45) is 0 Å². The maximum Gasteiger partial charge on any atom is 0.329 e. The quantitative estimate of drug-likeness (QED) is 0.695. The highest BCUT2D eigenvalue weighted by Gasteiger charge is 2.39. The highest BCUT2D eigenvalue weighted by Crippen LogP contribution is 2.24. The Morgan fingerprint density at radius 3 is 2.60 bits per heavy atom. The van der Waals surface area contributed by atoms with Crippen LogP contribution >= 0.6 is 0 Å². The van der Waals surface area contributed by atoms with Crippen LogP contribution in [0.1, 0.15) is 20.8 Å². The molecule has 4 nitrogen and oxygen atoms in total. The van der Waals surface area contributed by atoms with Gasteiger partial charge in [-0.15, -0.1) is 0 Å². The summed E-state index contributed by atoms with van der Waals surface area (Å²) in [5, 5.41) is 8.49. The van der Waals surface area contributed by atoms with Gasteiger partial charge in [-0.1, -0.05) is 11.6 Å². The standard InChI is InChI=1S/C11H19NO3/c1-9(2)4-5-12-7-11(3,8-12)15-6-10(13)14/h4H,5-8H2,1-3H3,(H,13,14). The summed E-state index contributed by atoms with van der Waals surface area (Å²) in [6.07, 6.45) is 2.16. The Bertz CT molecular complexity index is 263. The topological polar surface area (TPSA) is 49.8 Å². The molecule has 0 aromatic carbocycles. The number of ether oxygens (including phenoxy) is 1. The van der Waals surface area contributed by atoms with Crippen molar-refractivity contribution in [3.05, 3.63) is 11.6 Å². The zero-order chi connectivity index (χ0) is 11.5. The van der Waals surface area contributed by atoms with E-state index in [0.29, 0.717) is 0 Å². The molecule has 0 aromatic rings. The summed E-state index contributed by atoms with van der Waals surface area (Å²) in [5.74, 6) is -0.904. The molecule has 0 amide bonds. The van der Waals surface area contributed by atoms with Crippen molar-refractivity contribution < 1.29 is 14.6 Å². The molecule has 1 N–H and O–H groups in total. The molecule has 1 aliphatic rings. The van der Waals surface area contributed by atoms with E-state index in [9.17, 15) is 4.79 Å². The highest BCUT2D eigenvalue weighted by atomic mass is 16.5. The normalized spacial score (nSPS) is 19.4. The Balaban J connectivity index is 2.22. The van der Waals surface area contributed by atoms with Crippen molar-refractivity contribution in [1.82, 2.24) is 4.90 Å². The molecule has 1 saturated heterocycles. The van der Waals surface area contributed by atoms with Gasteiger partial charge in [0, 0.05) is 19.6 Å². The minimum Gasteiger partial charge on any atom is -0.480 e. The zero-order valence-electron chi connectivity index (χ0n) is 9.62. The van der Waals surface area contributed by atoms with Gasteiger partial charge in [-0.25, -0.2) is 4.79 Å². The van der Waals surface area contributed by atoms with Crippen LogP contribution in [0.5, 0.6) is 0 Å². The second-order valence-electron chi connectivity index (χ2n) is 4.58. The molecule has 0 saturated carbocycles. The van der Waals surface area contributed by atoms with Crippen LogP contribution in [0.3, 0.4) is 0 Å². The second kappa shape index (κ2) is 4.77. The first kappa shape index (κ1) is 12.2. The number of rotatable bonds is 5. The number of hydrogen-bond donors (Lipinski definition) is 1. The molecule has 1 rings (SSSR count). The number of carbonyl (C=O) groups is 1. The van der Waals surface area contributed by atoms with E-state index in [-0.39, 0.29) is 12.2 Å². The van der Waals surface area contributed by atoms with E-state index in [1.807, 2.05) is 6.92 Å². The number of nitrogens with zero attached hydrogens (tertiary/aromatic N) is 1. The second-order valence-corrected chi connectivity index (χ2v) is 4.58. The fraction of sp³-hybridized carbons (Fsp3) is 0.727. The first-order valence-corrected chi connectivity index (χ1v) is 5.13. The van der Waals surface area contributed by atoms with Crippen LogP contribution in [-0.2, 0) is 9.53 Å². The summed E-state index contributed by atoms with van der Waals surface area (Å²) < 4.78 is 5.30. The predicted octanol–water partition coefficient (Wildman–Crippen LogP) is 1.13. The van der Waals surface area contributed by atoms with E-state index in [0.717, 1.165) is 19.6 Å². The summed E-state index contributed by atoms with van der Waals surface area (Å²) in [7, 11) is 0. The van der Waals surface area contributed by atoms with Crippen molar-refractivity contribution in [3.8, 4) is 0 Å². The van der Waals surface area contributed by atoms with Gasteiger partial charge in [0.25, 0.3) is 0 Å². The van der Waals surface area contributed by atoms with Gasteiger partial charge >= 0.3 is 5.97 Å². The number of carboxylic acids is 1. The maximum atomic E-state index is 10.3. The maximum absolute atomic E-state index is 10.3. The van der Waals surface area contributed by atoms with E-state index in [4.69, 9.17) is 9.84 Å². The molecule has 0 spiro atoms. The molecule has 0 aliphatic carbocycles. The lowest BCUT2D eigenvalue weighted by molar-refractivity contribution is -0.163. The molecule has 1 fully saturated rings. The van der Waals surface area contributed by atoms with Gasteiger partial charge < -0.3 is 9.84 Å². The first-order chi connectivity index (χ1) is 6.91. The minimum absolute atomic E-state index is 0.201. The molecular weight excluding hydrogens is 194 g/mol. The average Bonchev–Trinajstić information content (AvgIpc) is 2.07. The fourth-order valence-electron chi connectivity index (χ4n) is 1.67. The molecule has 1 heterocycles. The number of carboxylic acid groups (broad SMARTS) is 1. The van der Waals surface area contributed by atoms with Crippen LogP contribution in [0.15, 0.2) is 11.6 Å². The summed E-state index contributed by atoms with van der Waals surface area (Å²) in [6, 6.07) is 0. The van der Waals surface area contributed by atoms with Crippen LogP contribution in [0.2, 0.25) is 0 Å². The van der Waals surface area contributed by atoms with Crippen molar-refractivity contribution >= 4 is 5.97 Å². The van der Waals surface area contributed by atoms with Gasteiger partial charge in [0.05, 0.1) is 5.60 Å². The van der Waals surface area contributed by atoms with E-state index in [1.54, 1.807) is 0 Å². The summed E-state index contributed by atoms with van der Waals surface area (Å²) in [6.45, 7) is 8.43. The van der Waals surface area contributed by atoms with Crippen molar-refractivity contribution in [3.63, 3.8) is 0 Å². The Morgan fingerprint density at radius 1 is 1.53 bits per heavy atom. The Hall–Kier alpha value is -0.870. The summed E-state index contributed by atoms with van der Waals surface area (Å²) in [5.41, 5.74) is 1.03. The smallest absolute Gasteiger partial charge is 0.329 e. The van der Waals surface area contributed by atoms with Gasteiger partial charge in [-0.2, -0.15) is 0 Å². The lowest BCUT2D eigenvalue weighted by Gasteiger charge is -2.47. The van der Waals surface area contributed by atoms with Crippen molar-refractivity contribution in [2.45, 2.75) is 26.4 Å². The van der Waals surface area contributed by atoms with E-state index < -0.39 is 5.97 Å². The van der Waals surface area contributed by atoms with Gasteiger partial charge in [0.1, 0.15) is 6.61 Å². The SMILES string of the molecule is CC(C)=CCN1CC(C)(OCC(=O)O)C1. The predicted molar refractivity (Wildman–Crippen MR) is 57.9 cm³/mol. The molecule has 15 heavy (non-hydrogen) atoms. The van der Waals surface area contributed by atoms with Crippen LogP contribution in [0.25, 0.3) is 0 Å². The van der Waals surface area contributed by atoms with E-state index >= 15 is 0 Å². The minimum atomic E-state index is -0.904. The molecule has 0 atom stereocenters. The van der Waals surface area contributed by atoms with Crippen LogP contribution in [0.4, 0.5) is 0 Å². The van der Waals surface area contributed by atoms with Crippen LogP contribution < -0.4 is 0 Å². The monoisotopic (exact) mass is 213 g/mol. The third-order valence-corrected chi connectivity index (χ3v) is 2.42. The summed E-state index contributed by atoms with van der Waals surface area (Å²) >= 11 is 0. The largest absolute Gasteiger partial charge is 0.480 e. The van der Waals surface area contributed by atoms with Gasteiger partial charge in [-0.05, 0) is 20.8 Å². The molecule has 1 aliphatic heterocycles. The summed E-state index contributed by atoms with van der Waals surface area (Å²) in [4.78, 5) is 12.6. The molecule has 0 bridgehead atoms. The first-order valence-electron chi connectivity index (χ1n) is 5.13. The van der Waals surface area contributed by atoms with Gasteiger partial charge in [0.15, 0.2) is 0 Å².